The van der Waals surface area contributed by atoms with Crippen LogP contribution in [0.3, 0.4) is 0 Å². The van der Waals surface area contributed by atoms with Crippen LogP contribution in [0.2, 0.25) is 0 Å². The molecule has 1 aliphatic rings. The van der Waals surface area contributed by atoms with Crippen LogP contribution in [0.1, 0.15) is 39.0 Å². The van der Waals surface area contributed by atoms with Crippen LogP contribution < -0.4 is 9.47 Å². The molecule has 0 radical (unpaired) electrons. The molecule has 0 saturated heterocycles. The van der Waals surface area contributed by atoms with Crippen LogP contribution in [0, 0.1) is 22.7 Å². The molecule has 1 saturated carbocycles. The Hall–Kier alpha value is -1.69. The van der Waals surface area contributed by atoms with E-state index in [-0.39, 0.29) is 5.41 Å². The van der Waals surface area contributed by atoms with Crippen LogP contribution in [-0.2, 0) is 0 Å². The maximum atomic E-state index is 9.50. The van der Waals surface area contributed by atoms with Crippen molar-refractivity contribution in [3.63, 3.8) is 0 Å². The van der Waals surface area contributed by atoms with Gasteiger partial charge in [0.15, 0.2) is 0 Å². The van der Waals surface area contributed by atoms with Crippen molar-refractivity contribution in [1.29, 1.82) is 5.26 Å². The Morgan fingerprint density at radius 3 is 2.60 bits per heavy atom. The molecule has 2 atom stereocenters. The van der Waals surface area contributed by atoms with Gasteiger partial charge in [0.2, 0.25) is 0 Å². The molecule has 2 unspecified atom stereocenters. The molecule has 0 spiro atoms. The number of hydrogen-bond donors (Lipinski definition) is 0. The Kier molecular flexibility index (Phi) is 4.89. The fourth-order valence-corrected chi connectivity index (χ4v) is 3.08. The van der Waals surface area contributed by atoms with E-state index in [1.807, 2.05) is 24.3 Å². The van der Waals surface area contributed by atoms with Gasteiger partial charge >= 0.3 is 0 Å². The van der Waals surface area contributed by atoms with Gasteiger partial charge in [0, 0.05) is 6.42 Å². The third-order valence-corrected chi connectivity index (χ3v) is 4.24. The first kappa shape index (κ1) is 14.7. The summed E-state index contributed by atoms with van der Waals surface area (Å²) in [5.74, 6) is 2.32. The van der Waals surface area contributed by atoms with Crippen LogP contribution in [0.4, 0.5) is 0 Å². The van der Waals surface area contributed by atoms with Crippen molar-refractivity contribution in [1.82, 2.24) is 0 Å². The van der Waals surface area contributed by atoms with Gasteiger partial charge in [-0.25, -0.2) is 0 Å². The summed E-state index contributed by atoms with van der Waals surface area (Å²) in [6, 6.07) is 10.1. The maximum absolute atomic E-state index is 9.50. The van der Waals surface area contributed by atoms with Gasteiger partial charge in [0.05, 0.1) is 25.2 Å². The molecular weight excluding hydrogens is 250 g/mol. The summed E-state index contributed by atoms with van der Waals surface area (Å²) in [6.07, 6.45) is 5.26. The summed E-state index contributed by atoms with van der Waals surface area (Å²) >= 11 is 0. The number of ether oxygens (including phenoxy) is 2. The van der Waals surface area contributed by atoms with Crippen molar-refractivity contribution in [2.24, 2.45) is 11.3 Å². The highest BCUT2D eigenvalue weighted by Crippen LogP contribution is 2.41. The molecule has 108 valence electrons. The zero-order valence-corrected chi connectivity index (χ0v) is 12.4. The van der Waals surface area contributed by atoms with Crippen molar-refractivity contribution >= 4 is 0 Å². The van der Waals surface area contributed by atoms with Gasteiger partial charge in [0.25, 0.3) is 0 Å². The van der Waals surface area contributed by atoms with E-state index in [1.54, 1.807) is 7.11 Å². The maximum Gasteiger partial charge on any atom is 0.119 e. The third-order valence-electron chi connectivity index (χ3n) is 4.24. The van der Waals surface area contributed by atoms with E-state index in [2.05, 4.69) is 13.0 Å². The third kappa shape index (κ3) is 3.66. The van der Waals surface area contributed by atoms with Crippen molar-refractivity contribution in [3.05, 3.63) is 24.3 Å². The standard InChI is InChI=1S/C17H23NO2/c1-14-4-3-9-17(12-14,13-18)10-11-20-16-7-5-15(19-2)6-8-16/h5-8,14H,3-4,9-12H2,1-2H3. The van der Waals surface area contributed by atoms with E-state index in [1.165, 1.54) is 6.42 Å². The van der Waals surface area contributed by atoms with Gasteiger partial charge in [0.1, 0.15) is 11.5 Å². The van der Waals surface area contributed by atoms with Crippen LogP contribution in [0.15, 0.2) is 24.3 Å². The van der Waals surface area contributed by atoms with Crippen molar-refractivity contribution in [2.45, 2.75) is 39.0 Å². The average molecular weight is 273 g/mol. The van der Waals surface area contributed by atoms with E-state index >= 15 is 0 Å². The second-order valence-corrected chi connectivity index (χ2v) is 5.87. The van der Waals surface area contributed by atoms with Crippen LogP contribution >= 0.6 is 0 Å². The van der Waals surface area contributed by atoms with Gasteiger partial charge < -0.3 is 9.47 Å². The summed E-state index contributed by atoms with van der Waals surface area (Å²) in [5.41, 5.74) is -0.176. The molecule has 0 aliphatic heterocycles. The minimum Gasteiger partial charge on any atom is -0.497 e. The molecule has 3 nitrogen and oxygen atoms in total. The molecule has 1 aromatic rings. The zero-order valence-electron chi connectivity index (χ0n) is 12.4. The van der Waals surface area contributed by atoms with E-state index in [9.17, 15) is 5.26 Å². The Bertz CT molecular complexity index is 463. The second kappa shape index (κ2) is 6.65. The minimum absolute atomic E-state index is 0.176. The molecule has 0 heterocycles. The SMILES string of the molecule is COc1ccc(OCCC2(C#N)CCCC(C)C2)cc1. The molecular formula is C17H23NO2. The molecule has 0 aromatic heterocycles. The Labute approximate surface area is 121 Å². The van der Waals surface area contributed by atoms with E-state index in [0.717, 1.165) is 37.2 Å². The molecule has 20 heavy (non-hydrogen) atoms. The van der Waals surface area contributed by atoms with E-state index < -0.39 is 0 Å². The van der Waals surface area contributed by atoms with Crippen molar-refractivity contribution in [2.75, 3.05) is 13.7 Å². The summed E-state index contributed by atoms with van der Waals surface area (Å²) in [6.45, 7) is 2.85. The highest BCUT2D eigenvalue weighted by atomic mass is 16.5. The molecule has 0 bridgehead atoms. The largest absolute Gasteiger partial charge is 0.497 e. The minimum atomic E-state index is -0.176. The van der Waals surface area contributed by atoms with Gasteiger partial charge in [-0.3, -0.25) is 0 Å². The lowest BCUT2D eigenvalue weighted by atomic mass is 9.69. The summed E-state index contributed by atoms with van der Waals surface area (Å²) < 4.78 is 10.9. The fourth-order valence-electron chi connectivity index (χ4n) is 3.08. The predicted molar refractivity (Wildman–Crippen MR) is 78.8 cm³/mol. The van der Waals surface area contributed by atoms with Gasteiger partial charge in [-0.2, -0.15) is 5.26 Å². The zero-order chi connectivity index (χ0) is 14.4. The fraction of sp³-hybridized carbons (Fsp3) is 0.588. The summed E-state index contributed by atoms with van der Waals surface area (Å²) in [7, 11) is 1.65. The molecule has 0 amide bonds. The van der Waals surface area contributed by atoms with Gasteiger partial charge in [-0.15, -0.1) is 0 Å². The predicted octanol–water partition coefficient (Wildman–Crippen LogP) is 4.18. The molecule has 3 heteroatoms. The number of methoxy groups -OCH3 is 1. The first-order chi connectivity index (χ1) is 9.67. The summed E-state index contributed by atoms with van der Waals surface area (Å²) in [4.78, 5) is 0. The van der Waals surface area contributed by atoms with Gasteiger partial charge in [-0.1, -0.05) is 19.8 Å². The number of hydrogen-bond acceptors (Lipinski definition) is 3. The first-order valence-electron chi connectivity index (χ1n) is 7.35. The molecule has 1 aliphatic carbocycles. The Morgan fingerprint density at radius 2 is 2.00 bits per heavy atom. The monoisotopic (exact) mass is 273 g/mol. The molecule has 1 aromatic carbocycles. The average Bonchev–Trinajstić information content (AvgIpc) is 2.48. The van der Waals surface area contributed by atoms with E-state index in [0.29, 0.717) is 12.5 Å². The second-order valence-electron chi connectivity index (χ2n) is 5.87. The number of nitriles is 1. The lowest BCUT2D eigenvalue weighted by Crippen LogP contribution is -2.28. The quantitative estimate of drug-likeness (QED) is 0.808. The van der Waals surface area contributed by atoms with Gasteiger partial charge in [-0.05, 0) is 43.0 Å². The smallest absolute Gasteiger partial charge is 0.119 e. The van der Waals surface area contributed by atoms with Crippen LogP contribution in [-0.4, -0.2) is 13.7 Å². The topological polar surface area (TPSA) is 42.2 Å². The van der Waals surface area contributed by atoms with Crippen molar-refractivity contribution in [3.8, 4) is 17.6 Å². The highest BCUT2D eigenvalue weighted by molar-refractivity contribution is 5.31. The van der Waals surface area contributed by atoms with E-state index in [4.69, 9.17) is 9.47 Å². The number of rotatable bonds is 5. The van der Waals surface area contributed by atoms with Crippen molar-refractivity contribution < 1.29 is 9.47 Å². The number of nitrogens with zero attached hydrogens (tertiary/aromatic N) is 1. The number of benzene rings is 1. The normalized spacial score (nSPS) is 25.8. The first-order valence-corrected chi connectivity index (χ1v) is 7.35. The molecule has 1 fully saturated rings. The Morgan fingerprint density at radius 1 is 1.30 bits per heavy atom. The lowest BCUT2D eigenvalue weighted by Gasteiger charge is -2.34. The summed E-state index contributed by atoms with van der Waals surface area (Å²) in [5, 5.41) is 9.50. The van der Waals surface area contributed by atoms with Crippen LogP contribution in [0.25, 0.3) is 0 Å². The van der Waals surface area contributed by atoms with Crippen LogP contribution in [0.5, 0.6) is 11.5 Å². The Balaban J connectivity index is 1.86. The molecule has 2 rings (SSSR count). The highest BCUT2D eigenvalue weighted by Gasteiger charge is 2.34. The molecule has 0 N–H and O–H groups in total. The lowest BCUT2D eigenvalue weighted by molar-refractivity contribution is 0.162.